The van der Waals surface area contributed by atoms with Crippen molar-refractivity contribution < 1.29 is 4.84 Å². The van der Waals surface area contributed by atoms with Crippen LogP contribution in [0.2, 0.25) is 0 Å². The average molecular weight is 299 g/mol. The van der Waals surface area contributed by atoms with Gasteiger partial charge in [0.05, 0.1) is 19.5 Å². The molecule has 22 heavy (non-hydrogen) atoms. The Morgan fingerprint density at radius 3 is 2.82 bits per heavy atom. The Morgan fingerprint density at radius 1 is 1.23 bits per heavy atom. The van der Waals surface area contributed by atoms with E-state index in [2.05, 4.69) is 38.1 Å². The van der Waals surface area contributed by atoms with Crippen LogP contribution in [0.15, 0.2) is 57.7 Å². The first kappa shape index (κ1) is 13.1. The molecule has 0 fully saturated rings. The van der Waals surface area contributed by atoms with Crippen LogP contribution in [0.1, 0.15) is 6.92 Å². The second kappa shape index (κ2) is 4.70. The molecule has 0 amide bonds. The van der Waals surface area contributed by atoms with Gasteiger partial charge in [-0.25, -0.2) is 5.06 Å². The number of azo groups is 1. The van der Waals surface area contributed by atoms with Crippen LogP contribution in [0, 0.1) is 0 Å². The Labute approximate surface area is 128 Å². The number of nitrogens with zero attached hydrogens (tertiary/aromatic N) is 7. The summed E-state index contributed by atoms with van der Waals surface area (Å²) in [6.45, 7) is 3.48. The second-order valence-electron chi connectivity index (χ2n) is 5.46. The van der Waals surface area contributed by atoms with Crippen LogP contribution < -0.4 is 4.90 Å². The zero-order valence-electron chi connectivity index (χ0n) is 12.8. The van der Waals surface area contributed by atoms with Crippen LogP contribution in [0.4, 0.5) is 5.82 Å². The summed E-state index contributed by atoms with van der Waals surface area (Å²) in [5, 5.41) is 14.7. The van der Waals surface area contributed by atoms with Crippen LogP contribution >= 0.6 is 0 Å². The van der Waals surface area contributed by atoms with Crippen LogP contribution in [-0.4, -0.2) is 40.1 Å². The zero-order valence-corrected chi connectivity index (χ0v) is 12.8. The Bertz CT molecular complexity index is 742. The van der Waals surface area contributed by atoms with Crippen molar-refractivity contribution >= 4 is 5.82 Å². The molecule has 0 spiro atoms. The van der Waals surface area contributed by atoms with Gasteiger partial charge in [-0.1, -0.05) is 5.57 Å². The van der Waals surface area contributed by atoms with Gasteiger partial charge in [0.25, 0.3) is 0 Å². The SMILES string of the molecule is CON1C=C2N=NC3=C(N2C1)N(c1ccnn1C)CC(C)=C3. The first-order valence-corrected chi connectivity index (χ1v) is 7.06. The first-order valence-electron chi connectivity index (χ1n) is 7.06. The summed E-state index contributed by atoms with van der Waals surface area (Å²) in [7, 11) is 3.58. The summed E-state index contributed by atoms with van der Waals surface area (Å²) in [6, 6.07) is 2.00. The van der Waals surface area contributed by atoms with Crippen molar-refractivity contribution in [3.63, 3.8) is 0 Å². The fourth-order valence-corrected chi connectivity index (χ4v) is 2.91. The minimum Gasteiger partial charge on any atom is -0.307 e. The first-order chi connectivity index (χ1) is 10.7. The molecular weight excluding hydrogens is 282 g/mol. The van der Waals surface area contributed by atoms with Crippen LogP contribution in [-0.2, 0) is 11.9 Å². The van der Waals surface area contributed by atoms with Gasteiger partial charge in [0.2, 0.25) is 0 Å². The van der Waals surface area contributed by atoms with Gasteiger partial charge in [0.1, 0.15) is 24.0 Å². The lowest BCUT2D eigenvalue weighted by Crippen LogP contribution is -2.41. The number of allylic oxidation sites excluding steroid dienone is 1. The van der Waals surface area contributed by atoms with Crippen LogP contribution in [0.25, 0.3) is 0 Å². The van der Waals surface area contributed by atoms with Gasteiger partial charge in [-0.05, 0) is 13.0 Å². The van der Waals surface area contributed by atoms with Gasteiger partial charge in [0, 0.05) is 19.7 Å². The number of hydroxylamine groups is 2. The maximum Gasteiger partial charge on any atom is 0.177 e. The molecule has 0 radical (unpaired) electrons. The fraction of sp³-hybridized carbons (Fsp3) is 0.357. The number of aryl methyl sites for hydroxylation is 1. The van der Waals surface area contributed by atoms with E-state index >= 15 is 0 Å². The maximum atomic E-state index is 5.29. The van der Waals surface area contributed by atoms with Crippen molar-refractivity contribution in [1.29, 1.82) is 0 Å². The molecule has 0 aromatic carbocycles. The highest BCUT2D eigenvalue weighted by atomic mass is 16.7. The number of rotatable bonds is 2. The van der Waals surface area contributed by atoms with Crippen molar-refractivity contribution in [3.05, 3.63) is 47.5 Å². The Kier molecular flexibility index (Phi) is 2.80. The molecule has 0 atom stereocenters. The van der Waals surface area contributed by atoms with E-state index in [9.17, 15) is 0 Å². The number of anilines is 1. The van der Waals surface area contributed by atoms with Crippen LogP contribution in [0.3, 0.4) is 0 Å². The van der Waals surface area contributed by atoms with Crippen LogP contribution in [0.5, 0.6) is 0 Å². The minimum absolute atomic E-state index is 0.588. The van der Waals surface area contributed by atoms with E-state index in [-0.39, 0.29) is 0 Å². The van der Waals surface area contributed by atoms with Gasteiger partial charge >= 0.3 is 0 Å². The summed E-state index contributed by atoms with van der Waals surface area (Å²) in [6.07, 6.45) is 5.73. The van der Waals surface area contributed by atoms with E-state index < -0.39 is 0 Å². The lowest BCUT2D eigenvalue weighted by atomic mass is 10.1. The molecule has 0 bridgehead atoms. The van der Waals surface area contributed by atoms with Crippen molar-refractivity contribution in [3.8, 4) is 0 Å². The van der Waals surface area contributed by atoms with Crippen molar-refractivity contribution in [1.82, 2.24) is 19.7 Å². The van der Waals surface area contributed by atoms with Gasteiger partial charge < -0.3 is 4.90 Å². The quantitative estimate of drug-likeness (QED) is 0.832. The van der Waals surface area contributed by atoms with Crippen molar-refractivity contribution in [2.45, 2.75) is 6.92 Å². The molecule has 4 rings (SSSR count). The molecule has 3 aliphatic heterocycles. The average Bonchev–Trinajstić information content (AvgIpc) is 3.11. The van der Waals surface area contributed by atoms with E-state index in [1.165, 1.54) is 5.57 Å². The lowest BCUT2D eigenvalue weighted by Gasteiger charge is -2.37. The molecule has 0 unspecified atom stereocenters. The molecule has 4 heterocycles. The van der Waals surface area contributed by atoms with Crippen molar-refractivity contribution in [2.75, 3.05) is 25.2 Å². The Hall–Kier alpha value is -2.61. The van der Waals surface area contributed by atoms with E-state index in [0.29, 0.717) is 6.67 Å². The van der Waals surface area contributed by atoms with Gasteiger partial charge in [-0.2, -0.15) is 5.10 Å². The van der Waals surface area contributed by atoms with E-state index in [0.717, 1.165) is 29.7 Å². The zero-order chi connectivity index (χ0) is 15.3. The monoisotopic (exact) mass is 299 g/mol. The fourth-order valence-electron chi connectivity index (χ4n) is 2.91. The molecule has 3 aliphatic rings. The molecule has 0 N–H and O–H groups in total. The third-order valence-electron chi connectivity index (χ3n) is 3.91. The number of hydrogen-bond acceptors (Lipinski definition) is 7. The minimum atomic E-state index is 0.588. The number of aromatic nitrogens is 2. The molecule has 1 aromatic heterocycles. The second-order valence-corrected chi connectivity index (χ2v) is 5.46. The van der Waals surface area contributed by atoms with Gasteiger partial charge in [-0.15, -0.1) is 10.2 Å². The summed E-state index contributed by atoms with van der Waals surface area (Å²) >= 11 is 0. The van der Waals surface area contributed by atoms with Gasteiger partial charge in [0.15, 0.2) is 5.82 Å². The number of fused-ring (bicyclic) bond motifs is 2. The standard InChI is InChI=1S/C14H17N7O/c1-10-6-11-14(20(7-10)13-4-5-15-18(13)2)21-9-19(22-3)8-12(21)17-16-11/h4-6,8H,7,9H2,1-3H3. The highest BCUT2D eigenvalue weighted by Crippen LogP contribution is 2.37. The summed E-state index contributed by atoms with van der Waals surface area (Å²) < 4.78 is 1.86. The molecule has 8 nitrogen and oxygen atoms in total. The number of hydrogen-bond donors (Lipinski definition) is 0. The topological polar surface area (TPSA) is 61.5 Å². The van der Waals surface area contributed by atoms with E-state index in [1.807, 2.05) is 24.0 Å². The maximum absolute atomic E-state index is 5.29. The van der Waals surface area contributed by atoms with E-state index in [1.54, 1.807) is 18.4 Å². The highest BCUT2D eigenvalue weighted by molar-refractivity contribution is 5.54. The third kappa shape index (κ3) is 1.84. The van der Waals surface area contributed by atoms with Gasteiger partial charge in [-0.3, -0.25) is 14.4 Å². The molecule has 0 aliphatic carbocycles. The molecule has 0 saturated heterocycles. The normalized spacial score (nSPS) is 20.2. The summed E-state index contributed by atoms with van der Waals surface area (Å²) in [5.41, 5.74) is 2.09. The lowest BCUT2D eigenvalue weighted by molar-refractivity contribution is -0.0952. The predicted molar refractivity (Wildman–Crippen MR) is 79.8 cm³/mol. The van der Waals surface area contributed by atoms with E-state index in [4.69, 9.17) is 4.84 Å². The highest BCUT2D eigenvalue weighted by Gasteiger charge is 2.35. The Morgan fingerprint density at radius 2 is 2.09 bits per heavy atom. The largest absolute Gasteiger partial charge is 0.307 e. The molecule has 114 valence electrons. The molecule has 8 heteroatoms. The Balaban J connectivity index is 1.81. The summed E-state index contributed by atoms with van der Waals surface area (Å²) in [5.74, 6) is 2.81. The van der Waals surface area contributed by atoms with Crippen molar-refractivity contribution in [2.24, 2.45) is 17.3 Å². The smallest absolute Gasteiger partial charge is 0.177 e. The third-order valence-corrected chi connectivity index (χ3v) is 3.91. The summed E-state index contributed by atoms with van der Waals surface area (Å²) in [4.78, 5) is 9.60. The predicted octanol–water partition coefficient (Wildman–Crippen LogP) is 1.76. The molecular formula is C14H17N7O. The molecule has 1 aromatic rings. The molecule has 0 saturated carbocycles.